The van der Waals surface area contributed by atoms with Crippen LogP contribution >= 0.6 is 24.0 Å². The molecule has 1 aromatic rings. The number of anilines is 1. The minimum absolute atomic E-state index is 0.450. The van der Waals surface area contributed by atoms with Crippen LogP contribution in [0, 0.1) is 5.92 Å². The topological polar surface area (TPSA) is 50.9 Å². The van der Waals surface area contributed by atoms with E-state index in [0.29, 0.717) is 4.99 Å². The molecule has 1 fully saturated rings. The molecule has 0 bridgehead atoms. The number of nitrogens with zero attached hydrogens (tertiary/aromatic N) is 1. The highest BCUT2D eigenvalue weighted by Gasteiger charge is 2.19. The number of nitrogens with one attached hydrogen (secondary N) is 1. The largest absolute Gasteiger partial charge is 0.389 e. The molecule has 102 valence electrons. The molecule has 2 aliphatic rings. The van der Waals surface area contributed by atoms with E-state index in [1.165, 1.54) is 35.6 Å². The Morgan fingerprint density at radius 2 is 2.42 bits per heavy atom. The average molecular weight is 293 g/mol. The number of thiocarbonyl (C=S) groups is 1. The van der Waals surface area contributed by atoms with Gasteiger partial charge in [-0.25, -0.2) is 4.98 Å². The second kappa shape index (κ2) is 5.67. The number of thioether (sulfide) groups is 1. The van der Waals surface area contributed by atoms with Gasteiger partial charge < -0.3 is 11.1 Å². The van der Waals surface area contributed by atoms with Gasteiger partial charge >= 0.3 is 0 Å². The molecule has 5 heteroatoms. The van der Waals surface area contributed by atoms with Crippen LogP contribution in [0.2, 0.25) is 0 Å². The molecule has 3 rings (SSSR count). The normalized spacial score (nSPS) is 21.4. The van der Waals surface area contributed by atoms with E-state index in [-0.39, 0.29) is 0 Å². The Morgan fingerprint density at radius 1 is 1.53 bits per heavy atom. The highest BCUT2D eigenvalue weighted by Crippen LogP contribution is 2.27. The van der Waals surface area contributed by atoms with Crippen LogP contribution in [0.25, 0.3) is 0 Å². The summed E-state index contributed by atoms with van der Waals surface area (Å²) in [6.45, 7) is 0.981. The van der Waals surface area contributed by atoms with E-state index < -0.39 is 0 Å². The minimum atomic E-state index is 0.450. The first-order valence-corrected chi connectivity index (χ1v) is 8.44. The highest BCUT2D eigenvalue weighted by atomic mass is 32.2. The summed E-state index contributed by atoms with van der Waals surface area (Å²) in [5, 5.41) is 3.47. The van der Waals surface area contributed by atoms with Crippen LogP contribution in [0.3, 0.4) is 0 Å². The van der Waals surface area contributed by atoms with Crippen molar-refractivity contribution in [2.75, 3.05) is 23.4 Å². The van der Waals surface area contributed by atoms with Crippen LogP contribution < -0.4 is 11.1 Å². The van der Waals surface area contributed by atoms with E-state index in [2.05, 4.69) is 11.4 Å². The second-order valence-corrected chi connectivity index (χ2v) is 6.91. The van der Waals surface area contributed by atoms with E-state index >= 15 is 0 Å². The van der Waals surface area contributed by atoms with E-state index in [0.717, 1.165) is 36.7 Å². The van der Waals surface area contributed by atoms with Crippen molar-refractivity contribution in [2.24, 2.45) is 11.7 Å². The lowest BCUT2D eigenvalue weighted by atomic mass is 10.1. The Labute approximate surface area is 123 Å². The van der Waals surface area contributed by atoms with Crippen molar-refractivity contribution in [2.45, 2.75) is 25.7 Å². The molecule has 0 radical (unpaired) electrons. The first-order chi connectivity index (χ1) is 9.24. The van der Waals surface area contributed by atoms with Crippen LogP contribution in [-0.4, -0.2) is 28.0 Å². The maximum atomic E-state index is 5.84. The van der Waals surface area contributed by atoms with Crippen molar-refractivity contribution in [3.63, 3.8) is 0 Å². The summed E-state index contributed by atoms with van der Waals surface area (Å²) >= 11 is 7.20. The lowest BCUT2D eigenvalue weighted by Gasteiger charge is -2.15. The fourth-order valence-corrected chi connectivity index (χ4v) is 4.22. The second-order valence-electron chi connectivity index (χ2n) is 5.32. The van der Waals surface area contributed by atoms with E-state index in [1.807, 2.05) is 11.8 Å². The Balaban J connectivity index is 1.80. The van der Waals surface area contributed by atoms with Crippen molar-refractivity contribution in [1.82, 2.24) is 4.98 Å². The van der Waals surface area contributed by atoms with Gasteiger partial charge in [0, 0.05) is 12.2 Å². The summed E-state index contributed by atoms with van der Waals surface area (Å²) in [7, 11) is 0. The lowest BCUT2D eigenvalue weighted by Crippen LogP contribution is -2.19. The van der Waals surface area contributed by atoms with Crippen molar-refractivity contribution < 1.29 is 0 Å². The molecule has 0 spiro atoms. The molecule has 2 heterocycles. The van der Waals surface area contributed by atoms with Gasteiger partial charge in [-0.2, -0.15) is 11.8 Å². The summed E-state index contributed by atoms with van der Waals surface area (Å²) in [6.07, 6.45) is 4.69. The van der Waals surface area contributed by atoms with Gasteiger partial charge in [0.15, 0.2) is 0 Å². The van der Waals surface area contributed by atoms with Gasteiger partial charge in [-0.05, 0) is 54.7 Å². The van der Waals surface area contributed by atoms with Gasteiger partial charge in [0.25, 0.3) is 0 Å². The molecule has 1 saturated heterocycles. The highest BCUT2D eigenvalue weighted by molar-refractivity contribution is 7.99. The first-order valence-electron chi connectivity index (χ1n) is 6.88. The van der Waals surface area contributed by atoms with Gasteiger partial charge in [-0.3, -0.25) is 0 Å². The number of fused-ring (bicyclic) bond motifs is 1. The standard InChI is InChI=1S/C14H19N3S2/c15-13(18)11-6-10-2-1-3-12(10)17-14(11)16-7-9-4-5-19-8-9/h6,9H,1-5,7-8H2,(H2,15,18)(H,16,17). The zero-order valence-corrected chi connectivity index (χ0v) is 12.6. The summed E-state index contributed by atoms with van der Waals surface area (Å²) in [6, 6.07) is 2.14. The summed E-state index contributed by atoms with van der Waals surface area (Å²) in [4.78, 5) is 5.20. The number of hydrogen-bond donors (Lipinski definition) is 2. The predicted molar refractivity (Wildman–Crippen MR) is 86.1 cm³/mol. The van der Waals surface area contributed by atoms with Crippen molar-refractivity contribution in [3.8, 4) is 0 Å². The molecular weight excluding hydrogens is 274 g/mol. The SMILES string of the molecule is NC(=S)c1cc2c(nc1NCC1CCSC1)CCC2. The van der Waals surface area contributed by atoms with E-state index in [1.54, 1.807) is 0 Å². The van der Waals surface area contributed by atoms with Gasteiger partial charge in [0.05, 0.1) is 5.56 Å². The molecule has 1 atom stereocenters. The number of aromatic nitrogens is 1. The molecule has 0 aromatic carbocycles. The maximum Gasteiger partial charge on any atom is 0.136 e. The quantitative estimate of drug-likeness (QED) is 0.835. The van der Waals surface area contributed by atoms with Crippen LogP contribution in [0.15, 0.2) is 6.07 Å². The molecule has 1 unspecified atom stereocenters. The number of nitrogens with two attached hydrogens (primary N) is 1. The lowest BCUT2D eigenvalue weighted by molar-refractivity contribution is 0.630. The van der Waals surface area contributed by atoms with Crippen LogP contribution in [0.1, 0.15) is 29.7 Å². The van der Waals surface area contributed by atoms with Gasteiger partial charge in [-0.15, -0.1) is 0 Å². The minimum Gasteiger partial charge on any atom is -0.389 e. The zero-order valence-electron chi connectivity index (χ0n) is 10.9. The number of aryl methyl sites for hydroxylation is 2. The number of hydrogen-bond acceptors (Lipinski definition) is 4. The smallest absolute Gasteiger partial charge is 0.136 e. The Kier molecular flexibility index (Phi) is 3.93. The third-order valence-electron chi connectivity index (χ3n) is 3.90. The molecule has 3 nitrogen and oxygen atoms in total. The molecule has 0 saturated carbocycles. The van der Waals surface area contributed by atoms with Crippen LogP contribution in [0.5, 0.6) is 0 Å². The van der Waals surface area contributed by atoms with Crippen LogP contribution in [-0.2, 0) is 12.8 Å². The molecular formula is C14H19N3S2. The number of pyridine rings is 1. The monoisotopic (exact) mass is 293 g/mol. The maximum absolute atomic E-state index is 5.84. The molecule has 1 aromatic heterocycles. The van der Waals surface area contributed by atoms with Gasteiger partial charge in [-0.1, -0.05) is 12.2 Å². The Hall–Kier alpha value is -0.810. The summed E-state index contributed by atoms with van der Waals surface area (Å²) in [5.74, 6) is 4.18. The Bertz CT molecular complexity index is 496. The van der Waals surface area contributed by atoms with Gasteiger partial charge in [0.1, 0.15) is 10.8 Å². The third kappa shape index (κ3) is 2.87. The fourth-order valence-electron chi connectivity index (χ4n) is 2.78. The summed E-state index contributed by atoms with van der Waals surface area (Å²) in [5.41, 5.74) is 9.31. The van der Waals surface area contributed by atoms with Crippen LogP contribution in [0.4, 0.5) is 5.82 Å². The molecule has 1 aliphatic carbocycles. The van der Waals surface area contributed by atoms with Crippen molar-refractivity contribution in [3.05, 3.63) is 22.9 Å². The van der Waals surface area contributed by atoms with Gasteiger partial charge in [0.2, 0.25) is 0 Å². The van der Waals surface area contributed by atoms with Crippen molar-refractivity contribution >= 4 is 34.8 Å². The van der Waals surface area contributed by atoms with E-state index in [4.69, 9.17) is 22.9 Å². The van der Waals surface area contributed by atoms with E-state index in [9.17, 15) is 0 Å². The molecule has 3 N–H and O–H groups in total. The zero-order chi connectivity index (χ0) is 13.2. The first kappa shape index (κ1) is 13.2. The summed E-state index contributed by atoms with van der Waals surface area (Å²) < 4.78 is 0. The molecule has 1 aliphatic heterocycles. The number of rotatable bonds is 4. The van der Waals surface area contributed by atoms with Crippen molar-refractivity contribution in [1.29, 1.82) is 0 Å². The fraction of sp³-hybridized carbons (Fsp3) is 0.571. The predicted octanol–water partition coefficient (Wildman–Crippen LogP) is 2.37. The molecule has 19 heavy (non-hydrogen) atoms. The molecule has 0 amide bonds. The average Bonchev–Trinajstić information content (AvgIpc) is 3.05. The third-order valence-corrected chi connectivity index (χ3v) is 5.35. The Morgan fingerprint density at radius 3 is 3.16 bits per heavy atom.